The molecule has 23 heavy (non-hydrogen) atoms. The molecule has 3 rings (SSSR count). The second-order valence-electron chi connectivity index (χ2n) is 7.22. The van der Waals surface area contributed by atoms with Gasteiger partial charge in [0.2, 0.25) is 5.91 Å². The van der Waals surface area contributed by atoms with Crippen molar-refractivity contribution >= 4 is 5.91 Å². The highest BCUT2D eigenvalue weighted by atomic mass is 16.3. The summed E-state index contributed by atoms with van der Waals surface area (Å²) >= 11 is 0. The van der Waals surface area contributed by atoms with Gasteiger partial charge in [-0.1, -0.05) is 6.07 Å². The molecule has 2 fully saturated rings. The Kier molecular flexibility index (Phi) is 4.97. The highest BCUT2D eigenvalue weighted by Gasteiger charge is 2.41. The number of aromatic nitrogens is 1. The van der Waals surface area contributed by atoms with Crippen LogP contribution < -0.4 is 0 Å². The van der Waals surface area contributed by atoms with Gasteiger partial charge in [-0.05, 0) is 56.8 Å². The van der Waals surface area contributed by atoms with Crippen molar-refractivity contribution in [3.8, 4) is 0 Å². The van der Waals surface area contributed by atoms with Gasteiger partial charge in [0.15, 0.2) is 0 Å². The smallest absolute Gasteiger partial charge is 0.222 e. The Hall–Kier alpha value is -1.46. The fourth-order valence-corrected chi connectivity index (χ4v) is 3.90. The van der Waals surface area contributed by atoms with E-state index in [2.05, 4.69) is 16.0 Å². The number of hydrogen-bond donors (Lipinski definition) is 1. The molecule has 1 spiro atoms. The zero-order chi connectivity index (χ0) is 16.3. The lowest BCUT2D eigenvalue weighted by molar-refractivity contribution is -0.140. The minimum absolute atomic E-state index is 0.201. The highest BCUT2D eigenvalue weighted by Crippen LogP contribution is 2.40. The largest absolute Gasteiger partial charge is 0.392 e. The highest BCUT2D eigenvalue weighted by molar-refractivity contribution is 5.77. The Morgan fingerprint density at radius 1 is 1.30 bits per heavy atom. The normalized spacial score (nSPS) is 23.2. The quantitative estimate of drug-likeness (QED) is 0.918. The summed E-state index contributed by atoms with van der Waals surface area (Å²) in [6.45, 7) is 6.07. The Bertz CT molecular complexity index is 524. The summed E-state index contributed by atoms with van der Waals surface area (Å²) in [6, 6.07) is 6.06. The average molecular weight is 317 g/mol. The second kappa shape index (κ2) is 6.97. The molecular weight excluding hydrogens is 290 g/mol. The number of likely N-dealkylation sites (tertiary alicyclic amines) is 2. The van der Waals surface area contributed by atoms with Gasteiger partial charge in [-0.2, -0.15) is 0 Å². The number of nitrogens with zero attached hydrogens (tertiary/aromatic N) is 3. The Labute approximate surface area is 138 Å². The summed E-state index contributed by atoms with van der Waals surface area (Å²) < 4.78 is 0. The maximum Gasteiger partial charge on any atom is 0.222 e. The molecule has 2 aliphatic heterocycles. The molecule has 0 unspecified atom stereocenters. The summed E-state index contributed by atoms with van der Waals surface area (Å²) in [5.74, 6) is 0.201. The van der Waals surface area contributed by atoms with Crippen molar-refractivity contribution in [3.05, 3.63) is 30.1 Å². The maximum absolute atomic E-state index is 12.1. The lowest BCUT2D eigenvalue weighted by Gasteiger charge is -2.47. The van der Waals surface area contributed by atoms with Crippen molar-refractivity contribution in [1.82, 2.24) is 14.8 Å². The van der Waals surface area contributed by atoms with E-state index in [0.29, 0.717) is 13.0 Å². The van der Waals surface area contributed by atoms with Gasteiger partial charge in [-0.15, -0.1) is 0 Å². The number of pyridine rings is 1. The van der Waals surface area contributed by atoms with Crippen LogP contribution in [0.25, 0.3) is 0 Å². The molecule has 1 amide bonds. The van der Waals surface area contributed by atoms with Crippen molar-refractivity contribution < 1.29 is 9.90 Å². The van der Waals surface area contributed by atoms with E-state index in [1.807, 2.05) is 23.2 Å². The fourth-order valence-electron chi connectivity index (χ4n) is 3.90. The lowest BCUT2D eigenvalue weighted by atomic mass is 9.72. The number of rotatable bonds is 4. The number of aliphatic hydroxyl groups excluding tert-OH is 1. The van der Waals surface area contributed by atoms with E-state index >= 15 is 0 Å². The van der Waals surface area contributed by atoms with E-state index < -0.39 is 6.10 Å². The average Bonchev–Trinajstić information content (AvgIpc) is 2.54. The van der Waals surface area contributed by atoms with Crippen molar-refractivity contribution in [2.75, 3.05) is 26.2 Å². The molecule has 0 saturated carbocycles. The third kappa shape index (κ3) is 4.09. The molecule has 3 heterocycles. The van der Waals surface area contributed by atoms with E-state index in [-0.39, 0.29) is 11.3 Å². The Morgan fingerprint density at radius 2 is 2.09 bits per heavy atom. The molecule has 1 aromatic rings. The molecule has 5 heteroatoms. The van der Waals surface area contributed by atoms with Gasteiger partial charge in [0.1, 0.15) is 0 Å². The summed E-state index contributed by atoms with van der Waals surface area (Å²) in [4.78, 5) is 20.8. The number of aliphatic hydroxyl groups is 1. The van der Waals surface area contributed by atoms with Gasteiger partial charge in [0.25, 0.3) is 0 Å². The number of β-amino-alcohol motifs (C(OH)–C–C–N with tert-alkyl or cyclic N) is 1. The molecular formula is C18H27N3O2. The van der Waals surface area contributed by atoms with Crippen LogP contribution in [0, 0.1) is 5.41 Å². The van der Waals surface area contributed by atoms with Crippen molar-refractivity contribution in [2.45, 2.75) is 45.3 Å². The summed E-state index contributed by atoms with van der Waals surface area (Å²) in [5.41, 5.74) is 1.38. The van der Waals surface area contributed by atoms with Crippen LogP contribution in [-0.2, 0) is 11.3 Å². The topological polar surface area (TPSA) is 56.7 Å². The zero-order valence-electron chi connectivity index (χ0n) is 13.9. The molecule has 1 N–H and O–H groups in total. The third-order valence-corrected chi connectivity index (χ3v) is 5.26. The van der Waals surface area contributed by atoms with Gasteiger partial charge in [-0.25, -0.2) is 0 Å². The monoisotopic (exact) mass is 317 g/mol. The first-order valence-corrected chi connectivity index (χ1v) is 8.64. The van der Waals surface area contributed by atoms with Gasteiger partial charge >= 0.3 is 0 Å². The molecule has 1 atom stereocenters. The minimum atomic E-state index is -0.446. The molecule has 2 saturated heterocycles. The van der Waals surface area contributed by atoms with Gasteiger partial charge in [-0.3, -0.25) is 14.7 Å². The summed E-state index contributed by atoms with van der Waals surface area (Å²) in [7, 11) is 0. The number of amides is 1. The standard InChI is InChI=1S/C18H27N3O2/c1-15(22)12-21-14-18(6-5-17(21)23)7-10-20(11-8-18)13-16-4-2-3-9-19-16/h2-4,9,15,22H,5-8,10-14H2,1H3/t15-/m1/s1. The molecule has 0 bridgehead atoms. The molecule has 0 aromatic carbocycles. The predicted octanol–water partition coefficient (Wildman–Crippen LogP) is 1.67. The van der Waals surface area contributed by atoms with Crippen molar-refractivity contribution in [1.29, 1.82) is 0 Å². The first kappa shape index (κ1) is 16.4. The van der Waals surface area contributed by atoms with Crippen LogP contribution in [0.2, 0.25) is 0 Å². The van der Waals surface area contributed by atoms with E-state index in [9.17, 15) is 9.90 Å². The lowest BCUT2D eigenvalue weighted by Crippen LogP contribution is -2.52. The number of hydrogen-bond acceptors (Lipinski definition) is 4. The van der Waals surface area contributed by atoms with Crippen LogP contribution in [0.4, 0.5) is 0 Å². The van der Waals surface area contributed by atoms with Crippen LogP contribution in [0.1, 0.15) is 38.3 Å². The van der Waals surface area contributed by atoms with E-state index in [1.54, 1.807) is 6.92 Å². The zero-order valence-corrected chi connectivity index (χ0v) is 13.9. The Morgan fingerprint density at radius 3 is 2.74 bits per heavy atom. The van der Waals surface area contributed by atoms with Gasteiger partial charge in [0.05, 0.1) is 11.8 Å². The van der Waals surface area contributed by atoms with Crippen LogP contribution >= 0.6 is 0 Å². The van der Waals surface area contributed by atoms with E-state index in [0.717, 1.165) is 51.1 Å². The fraction of sp³-hybridized carbons (Fsp3) is 0.667. The molecule has 1 aromatic heterocycles. The summed E-state index contributed by atoms with van der Waals surface area (Å²) in [5, 5.41) is 9.61. The van der Waals surface area contributed by atoms with Gasteiger partial charge < -0.3 is 10.0 Å². The number of carbonyl (C=O) groups is 1. The van der Waals surface area contributed by atoms with Crippen LogP contribution in [0.3, 0.4) is 0 Å². The molecule has 0 radical (unpaired) electrons. The molecule has 126 valence electrons. The molecule has 2 aliphatic rings. The van der Waals surface area contributed by atoms with Crippen LogP contribution in [0.5, 0.6) is 0 Å². The van der Waals surface area contributed by atoms with Crippen molar-refractivity contribution in [3.63, 3.8) is 0 Å². The van der Waals surface area contributed by atoms with E-state index in [1.165, 1.54) is 0 Å². The van der Waals surface area contributed by atoms with Gasteiger partial charge in [0, 0.05) is 32.3 Å². The second-order valence-corrected chi connectivity index (χ2v) is 7.22. The first-order valence-electron chi connectivity index (χ1n) is 8.64. The van der Waals surface area contributed by atoms with Crippen LogP contribution in [0.15, 0.2) is 24.4 Å². The first-order chi connectivity index (χ1) is 11.1. The minimum Gasteiger partial charge on any atom is -0.392 e. The predicted molar refractivity (Wildman–Crippen MR) is 88.7 cm³/mol. The maximum atomic E-state index is 12.1. The SMILES string of the molecule is C[C@@H](O)CN1CC2(CCC1=O)CCN(Cc1ccccn1)CC2. The Balaban J connectivity index is 1.56. The van der Waals surface area contributed by atoms with Crippen molar-refractivity contribution in [2.24, 2.45) is 5.41 Å². The third-order valence-electron chi connectivity index (χ3n) is 5.26. The summed E-state index contributed by atoms with van der Waals surface area (Å²) in [6.07, 6.45) is 5.29. The van der Waals surface area contributed by atoms with Crippen LogP contribution in [-0.4, -0.2) is 58.1 Å². The number of piperidine rings is 2. The van der Waals surface area contributed by atoms with E-state index in [4.69, 9.17) is 0 Å². The number of carbonyl (C=O) groups excluding carboxylic acids is 1. The molecule has 5 nitrogen and oxygen atoms in total. The molecule has 0 aliphatic carbocycles.